The molecule has 204 valence electrons. The number of fused-ring (bicyclic) bond motifs is 1. The first-order chi connectivity index (χ1) is 19.3. The lowest BCUT2D eigenvalue weighted by Crippen LogP contribution is -2.43. The van der Waals surface area contributed by atoms with Gasteiger partial charge in [-0.1, -0.05) is 12.6 Å². The number of nitrogens with one attached hydrogen (secondary N) is 1. The highest BCUT2D eigenvalue weighted by molar-refractivity contribution is 6.42. The summed E-state index contributed by atoms with van der Waals surface area (Å²) in [5.74, 6) is -0.994. The van der Waals surface area contributed by atoms with E-state index in [1.54, 1.807) is 6.20 Å². The summed E-state index contributed by atoms with van der Waals surface area (Å²) in [7, 11) is 1.42. The highest BCUT2D eigenvalue weighted by atomic mass is 16.5. The summed E-state index contributed by atoms with van der Waals surface area (Å²) >= 11 is 0. The number of methoxy groups -OCH3 is 1. The summed E-state index contributed by atoms with van der Waals surface area (Å²) in [5.41, 5.74) is 9.40. The third-order valence-corrected chi connectivity index (χ3v) is 6.56. The van der Waals surface area contributed by atoms with Crippen LogP contribution < -0.4 is 16.3 Å². The molecule has 0 bridgehead atoms. The Labute approximate surface area is 228 Å². The van der Waals surface area contributed by atoms with Crippen LogP contribution in [0.1, 0.15) is 40.5 Å². The summed E-state index contributed by atoms with van der Waals surface area (Å²) in [4.78, 5) is 48.7. The minimum absolute atomic E-state index is 0.0539. The van der Waals surface area contributed by atoms with Gasteiger partial charge in [-0.15, -0.1) is 5.10 Å². The molecule has 1 aliphatic rings. The van der Waals surface area contributed by atoms with Gasteiger partial charge in [0, 0.05) is 24.5 Å². The summed E-state index contributed by atoms with van der Waals surface area (Å²) in [6.45, 7) is 5.73. The zero-order valence-electron chi connectivity index (χ0n) is 21.9. The predicted octanol–water partition coefficient (Wildman–Crippen LogP) is -0.208. The molecule has 0 aromatic carbocycles. The van der Waals surface area contributed by atoms with E-state index in [0.717, 1.165) is 11.3 Å². The van der Waals surface area contributed by atoms with Gasteiger partial charge in [-0.2, -0.15) is 0 Å². The van der Waals surface area contributed by atoms with Gasteiger partial charge >= 0.3 is 0 Å². The number of rotatable bonds is 7. The molecule has 13 nitrogen and oxygen atoms in total. The Morgan fingerprint density at radius 2 is 2.08 bits per heavy atom. The quantitative estimate of drug-likeness (QED) is 0.209. The smallest absolute Gasteiger partial charge is 0.295 e. The minimum Gasteiger partial charge on any atom is -0.496 e. The summed E-state index contributed by atoms with van der Waals surface area (Å²) < 4.78 is 6.71. The van der Waals surface area contributed by atoms with Crippen LogP contribution in [0.5, 0.6) is 0 Å². The van der Waals surface area contributed by atoms with Crippen LogP contribution >= 0.6 is 0 Å². The van der Waals surface area contributed by atoms with Gasteiger partial charge in [0.2, 0.25) is 0 Å². The summed E-state index contributed by atoms with van der Waals surface area (Å²) in [6, 6.07) is 5.57. The van der Waals surface area contributed by atoms with E-state index < -0.39 is 17.8 Å². The third kappa shape index (κ3) is 4.73. The van der Waals surface area contributed by atoms with Crippen LogP contribution in [0.2, 0.25) is 0 Å². The minimum atomic E-state index is -0.902. The van der Waals surface area contributed by atoms with Crippen molar-refractivity contribution in [1.29, 1.82) is 0 Å². The van der Waals surface area contributed by atoms with E-state index in [-0.39, 0.29) is 40.1 Å². The molecule has 0 aliphatic carbocycles. The van der Waals surface area contributed by atoms with Crippen LogP contribution in [-0.4, -0.2) is 70.1 Å². The number of pyridine rings is 1. The van der Waals surface area contributed by atoms with Crippen LogP contribution in [-0.2, 0) is 22.5 Å². The molecular formula is C27H27N9O4. The molecule has 1 aliphatic heterocycles. The normalized spacial score (nSPS) is 15.1. The Morgan fingerprint density at radius 3 is 2.75 bits per heavy atom. The van der Waals surface area contributed by atoms with E-state index in [1.807, 2.05) is 18.2 Å². The highest BCUT2D eigenvalue weighted by Gasteiger charge is 2.30. The first kappa shape index (κ1) is 26.4. The number of hydrogen-bond acceptors (Lipinski definition) is 10. The lowest BCUT2D eigenvalue weighted by molar-refractivity contribution is -0.127. The van der Waals surface area contributed by atoms with E-state index in [1.165, 1.54) is 48.5 Å². The molecule has 0 fully saturated rings. The molecule has 4 N–H and O–H groups in total. The number of carbonyl (C=O) groups is 2. The van der Waals surface area contributed by atoms with E-state index in [0.29, 0.717) is 24.4 Å². The van der Waals surface area contributed by atoms with Gasteiger partial charge < -0.3 is 25.5 Å². The van der Waals surface area contributed by atoms with Crippen molar-refractivity contribution in [2.45, 2.75) is 26.0 Å². The maximum absolute atomic E-state index is 13.6. The fourth-order valence-corrected chi connectivity index (χ4v) is 4.56. The summed E-state index contributed by atoms with van der Waals surface area (Å²) in [5, 5.41) is 14.5. The number of amides is 1. The van der Waals surface area contributed by atoms with E-state index in [9.17, 15) is 14.7 Å². The van der Waals surface area contributed by atoms with Crippen molar-refractivity contribution in [2.75, 3.05) is 13.7 Å². The Kier molecular flexibility index (Phi) is 7.21. The number of nitrogens with zero attached hydrogens (tertiary/aromatic N) is 7. The number of ether oxygens (including phenoxy) is 1. The number of nitrogens with two attached hydrogens (primary N) is 1. The molecule has 4 aromatic heterocycles. The second-order valence-corrected chi connectivity index (χ2v) is 9.00. The van der Waals surface area contributed by atoms with Crippen molar-refractivity contribution in [3.05, 3.63) is 89.1 Å². The van der Waals surface area contributed by atoms with Crippen molar-refractivity contribution in [1.82, 2.24) is 39.6 Å². The zero-order chi connectivity index (χ0) is 28.4. The van der Waals surface area contributed by atoms with E-state index in [4.69, 9.17) is 10.5 Å². The highest BCUT2D eigenvalue weighted by Crippen LogP contribution is 2.26. The average molecular weight is 542 g/mol. The Balaban J connectivity index is 1.51. The lowest BCUT2D eigenvalue weighted by Gasteiger charge is -2.28. The zero-order valence-corrected chi connectivity index (χ0v) is 21.9. The number of hydrogen-bond donors (Lipinski definition) is 3. The van der Waals surface area contributed by atoms with Gasteiger partial charge in [0.15, 0.2) is 11.6 Å². The topological polar surface area (TPSA) is 178 Å². The molecule has 5 heterocycles. The molecule has 1 atom stereocenters. The second-order valence-electron chi connectivity index (χ2n) is 9.00. The van der Waals surface area contributed by atoms with Gasteiger partial charge in [0.25, 0.3) is 11.7 Å². The monoisotopic (exact) mass is 541 g/mol. The molecule has 5 rings (SSSR count). The first-order valence-corrected chi connectivity index (χ1v) is 12.4. The Bertz CT molecular complexity index is 1720. The predicted molar refractivity (Wildman–Crippen MR) is 143 cm³/mol. The van der Waals surface area contributed by atoms with Crippen molar-refractivity contribution >= 4 is 23.3 Å². The van der Waals surface area contributed by atoms with Gasteiger partial charge in [-0.25, -0.2) is 19.6 Å². The van der Waals surface area contributed by atoms with Crippen molar-refractivity contribution in [2.24, 2.45) is 5.73 Å². The van der Waals surface area contributed by atoms with Gasteiger partial charge in [0.05, 0.1) is 46.9 Å². The average Bonchev–Trinajstić information content (AvgIpc) is 3.65. The van der Waals surface area contributed by atoms with Crippen molar-refractivity contribution in [3.8, 4) is 11.4 Å². The van der Waals surface area contributed by atoms with Crippen LogP contribution in [0.25, 0.3) is 23.0 Å². The van der Waals surface area contributed by atoms with Crippen LogP contribution in [0.3, 0.4) is 0 Å². The van der Waals surface area contributed by atoms with Crippen LogP contribution in [0.15, 0.2) is 55.9 Å². The first-order valence-electron chi connectivity index (χ1n) is 12.4. The number of aliphatic hydroxyl groups excluding tert-OH is 1. The van der Waals surface area contributed by atoms with Crippen LogP contribution in [0.4, 0.5) is 0 Å². The number of ketones is 1. The van der Waals surface area contributed by atoms with E-state index in [2.05, 4.69) is 36.6 Å². The van der Waals surface area contributed by atoms with E-state index >= 15 is 0 Å². The maximum Gasteiger partial charge on any atom is 0.295 e. The number of aromatic amines is 1. The maximum atomic E-state index is 13.6. The molecule has 1 amide bonds. The molecule has 0 saturated carbocycles. The van der Waals surface area contributed by atoms with Crippen LogP contribution in [0, 0.1) is 0 Å². The third-order valence-electron chi connectivity index (χ3n) is 6.56. The standard InChI is InChI=1S/C27H27N9O4/c1-4-20(40-3)21-17(11-30-23(21)25(28)36-14-33-26(34-36)15(2)37)24(38)27(39)35-10-8-16-19(12-35)31-13-32-22(16)18-7-5-6-9-29-18/h4-7,9,11,13-15,30,37H,1,8,10,12,28H2,2-3H3/b21-20+,25-23-. The van der Waals surface area contributed by atoms with Crippen molar-refractivity contribution < 1.29 is 19.4 Å². The molecule has 1 unspecified atom stereocenters. The van der Waals surface area contributed by atoms with Gasteiger partial charge in [0.1, 0.15) is 24.5 Å². The fourth-order valence-electron chi connectivity index (χ4n) is 4.56. The molecule has 13 heteroatoms. The molecule has 0 spiro atoms. The Hall–Kier alpha value is -5.17. The second kappa shape index (κ2) is 10.9. The number of H-pyrrole nitrogens is 1. The lowest BCUT2D eigenvalue weighted by atomic mass is 10.00. The number of carbonyl (C=O) groups excluding carboxylic acids is 2. The number of aliphatic hydroxyl groups is 1. The van der Waals surface area contributed by atoms with Gasteiger partial charge in [-0.3, -0.25) is 14.6 Å². The molecule has 0 radical (unpaired) electrons. The fraction of sp³-hybridized carbons (Fsp3) is 0.222. The molecular weight excluding hydrogens is 514 g/mol. The SMILES string of the molecule is C=C/C(OC)=c1/c(C(=O)C(=O)N2CCc3c(ncnc3-c3ccccn3)C2)c[nH]/c1=C(/N)n1cnc(C(C)O)n1. The number of Topliss-reactive ketones (excluding diaryl/α,β-unsaturated/α-hetero) is 1. The van der Waals surface area contributed by atoms with Gasteiger partial charge in [-0.05, 0) is 31.6 Å². The summed E-state index contributed by atoms with van der Waals surface area (Å²) in [6.07, 6.45) is 6.83. The number of aromatic nitrogens is 7. The Morgan fingerprint density at radius 1 is 1.25 bits per heavy atom. The largest absolute Gasteiger partial charge is 0.496 e. The molecule has 40 heavy (non-hydrogen) atoms. The van der Waals surface area contributed by atoms with Crippen molar-refractivity contribution in [3.63, 3.8) is 0 Å². The molecule has 0 saturated heterocycles. The molecule has 4 aromatic rings.